The molecule has 0 bridgehead atoms. The van der Waals surface area contributed by atoms with E-state index in [4.69, 9.17) is 15.8 Å². The standard InChI is InChI=1S/C5H14ClNO2P.Ca.2H/c1-7(2,3)4-5-9-10(6)8;;;/h10H,4-5H2,1-3H3;;;/q+1;;;. The molecule has 0 amide bonds. The second-order valence-electron chi connectivity index (χ2n) is 3.10. The van der Waals surface area contributed by atoms with Crippen LogP contribution in [0.2, 0.25) is 0 Å². The van der Waals surface area contributed by atoms with Gasteiger partial charge < -0.3 is 9.01 Å². The molecule has 0 rings (SSSR count). The Hall–Kier alpha value is 1.70. The molecule has 0 spiro atoms. The molecule has 0 aromatic rings. The molecule has 0 aliphatic carbocycles. The molecule has 0 fully saturated rings. The third kappa shape index (κ3) is 14.5. The summed E-state index contributed by atoms with van der Waals surface area (Å²) in [5, 5.41) is 0. The van der Waals surface area contributed by atoms with Crippen LogP contribution in [0, 0.1) is 0 Å². The van der Waals surface area contributed by atoms with Crippen molar-refractivity contribution >= 4 is 56.4 Å². The SMILES string of the molecule is C[N+](C)(C)CCO[PH](=O)Cl.[CaH2]. The number of rotatable bonds is 4. The van der Waals surface area contributed by atoms with Crippen molar-refractivity contribution < 1.29 is 13.6 Å². The van der Waals surface area contributed by atoms with Gasteiger partial charge in [0.15, 0.2) is 0 Å². The molecule has 0 heterocycles. The molecule has 3 nitrogen and oxygen atoms in total. The first-order chi connectivity index (χ1) is 4.42. The van der Waals surface area contributed by atoms with Crippen molar-refractivity contribution in [2.24, 2.45) is 0 Å². The molecule has 1 atom stereocenters. The first kappa shape index (κ1) is 15.2. The van der Waals surface area contributed by atoms with Crippen molar-refractivity contribution in [1.29, 1.82) is 0 Å². The summed E-state index contributed by atoms with van der Waals surface area (Å²) in [5.41, 5.74) is 0. The Morgan fingerprint density at radius 3 is 2.18 bits per heavy atom. The van der Waals surface area contributed by atoms with Gasteiger partial charge in [0, 0.05) is 0 Å². The zero-order valence-electron chi connectivity index (χ0n) is 6.56. The number of likely N-dealkylation sites (N-methyl/N-ethyl adjacent to an activating group) is 1. The molecule has 0 saturated heterocycles. The van der Waals surface area contributed by atoms with E-state index in [1.807, 2.05) is 21.1 Å². The second-order valence-corrected chi connectivity index (χ2v) is 4.79. The molecule has 1 unspecified atom stereocenters. The Labute approximate surface area is 103 Å². The second kappa shape index (κ2) is 7.14. The van der Waals surface area contributed by atoms with Crippen LogP contribution >= 0.6 is 18.6 Å². The number of halogens is 1. The summed E-state index contributed by atoms with van der Waals surface area (Å²) in [4.78, 5) is 0. The zero-order chi connectivity index (χ0) is 8.20. The van der Waals surface area contributed by atoms with Crippen molar-refractivity contribution in [2.75, 3.05) is 34.3 Å². The van der Waals surface area contributed by atoms with Gasteiger partial charge in [-0.2, -0.15) is 0 Å². The summed E-state index contributed by atoms with van der Waals surface area (Å²) in [6.45, 7) is 1.29. The van der Waals surface area contributed by atoms with Crippen molar-refractivity contribution in [3.8, 4) is 0 Å². The molecule has 0 N–H and O–H groups in total. The fraction of sp³-hybridized carbons (Fsp3) is 1.00. The Kier molecular flexibility index (Phi) is 9.85. The summed E-state index contributed by atoms with van der Waals surface area (Å²) in [5.74, 6) is 0. The molecule has 0 aromatic carbocycles. The molecule has 0 aliphatic heterocycles. The quantitative estimate of drug-likeness (QED) is 0.396. The predicted octanol–water partition coefficient (Wildman–Crippen LogP) is 0.421. The van der Waals surface area contributed by atoms with E-state index in [1.54, 1.807) is 0 Å². The van der Waals surface area contributed by atoms with E-state index in [9.17, 15) is 4.57 Å². The molecule has 6 heteroatoms. The van der Waals surface area contributed by atoms with Crippen molar-refractivity contribution in [3.05, 3.63) is 0 Å². The van der Waals surface area contributed by atoms with Crippen LogP contribution in [0.4, 0.5) is 0 Å². The van der Waals surface area contributed by atoms with E-state index in [2.05, 4.69) is 0 Å². The van der Waals surface area contributed by atoms with Gasteiger partial charge in [-0.1, -0.05) is 0 Å². The summed E-state index contributed by atoms with van der Waals surface area (Å²) < 4.78 is 15.8. The molecular formula is C5H16CaClNO2P+. The fourth-order valence-electron chi connectivity index (χ4n) is 0.400. The van der Waals surface area contributed by atoms with Gasteiger partial charge in [-0.05, 0) is 11.2 Å². The third-order valence-corrected chi connectivity index (χ3v) is 1.74. The van der Waals surface area contributed by atoms with Crippen molar-refractivity contribution in [1.82, 2.24) is 0 Å². The minimum absolute atomic E-state index is 0. The van der Waals surface area contributed by atoms with Crippen LogP contribution in [-0.4, -0.2) is 76.5 Å². The molecule has 66 valence electrons. The Balaban J connectivity index is 0. The molecule has 0 aliphatic rings. The average Bonchev–Trinajstić information content (AvgIpc) is 1.59. The normalized spacial score (nSPS) is 13.8. The summed E-state index contributed by atoms with van der Waals surface area (Å²) in [6.07, 6.45) is 0. The minimum atomic E-state index is -2.24. The Morgan fingerprint density at radius 1 is 1.45 bits per heavy atom. The van der Waals surface area contributed by atoms with Gasteiger partial charge >= 0.3 is 37.7 Å². The number of hydrogen-bond donors (Lipinski definition) is 0. The van der Waals surface area contributed by atoms with Gasteiger partial charge in [-0.25, -0.2) is 0 Å². The predicted molar refractivity (Wildman–Crippen MR) is 52.2 cm³/mol. The average molecular weight is 229 g/mol. The van der Waals surface area contributed by atoms with E-state index in [1.165, 1.54) is 0 Å². The van der Waals surface area contributed by atoms with Gasteiger partial charge in [0.1, 0.15) is 13.2 Å². The number of hydrogen-bond acceptors (Lipinski definition) is 2. The maximum atomic E-state index is 10.3. The molecule has 11 heavy (non-hydrogen) atoms. The van der Waals surface area contributed by atoms with E-state index < -0.39 is 7.38 Å². The molecule has 0 aromatic heterocycles. The van der Waals surface area contributed by atoms with Crippen molar-refractivity contribution in [3.63, 3.8) is 0 Å². The fourth-order valence-corrected chi connectivity index (χ4v) is 0.883. The van der Waals surface area contributed by atoms with Crippen molar-refractivity contribution in [2.45, 2.75) is 0 Å². The van der Waals surface area contributed by atoms with Crippen LogP contribution in [0.1, 0.15) is 0 Å². The summed E-state index contributed by atoms with van der Waals surface area (Å²) >= 11 is 5.12. The van der Waals surface area contributed by atoms with Gasteiger partial charge in [-0.3, -0.25) is 4.57 Å². The van der Waals surface area contributed by atoms with Gasteiger partial charge in [0.05, 0.1) is 21.1 Å². The monoisotopic (exact) mass is 228 g/mol. The zero-order valence-corrected chi connectivity index (χ0v) is 8.31. The van der Waals surface area contributed by atoms with E-state index in [0.29, 0.717) is 6.61 Å². The first-order valence-corrected chi connectivity index (χ1v) is 5.37. The summed E-state index contributed by atoms with van der Waals surface area (Å²) in [7, 11) is 3.87. The van der Waals surface area contributed by atoms with Crippen LogP contribution in [0.5, 0.6) is 0 Å². The Bertz CT molecular complexity index is 128. The van der Waals surface area contributed by atoms with Crippen LogP contribution in [-0.2, 0) is 9.09 Å². The Morgan fingerprint density at radius 2 is 1.91 bits per heavy atom. The number of nitrogens with zero attached hydrogens (tertiary/aromatic N) is 1. The maximum absolute atomic E-state index is 10.3. The van der Waals surface area contributed by atoms with Crippen LogP contribution in [0.3, 0.4) is 0 Å². The molecule has 0 radical (unpaired) electrons. The van der Waals surface area contributed by atoms with Gasteiger partial charge in [-0.15, -0.1) is 0 Å². The van der Waals surface area contributed by atoms with Crippen LogP contribution < -0.4 is 0 Å². The first-order valence-electron chi connectivity index (χ1n) is 3.04. The van der Waals surface area contributed by atoms with Crippen LogP contribution in [0.25, 0.3) is 0 Å². The summed E-state index contributed by atoms with van der Waals surface area (Å²) in [6, 6.07) is 0. The number of quaternary nitrogens is 1. The molecule has 0 saturated carbocycles. The van der Waals surface area contributed by atoms with E-state index in [-0.39, 0.29) is 37.7 Å². The van der Waals surface area contributed by atoms with E-state index >= 15 is 0 Å². The molecular weight excluding hydrogens is 213 g/mol. The third-order valence-electron chi connectivity index (χ3n) is 0.978. The van der Waals surface area contributed by atoms with Crippen LogP contribution in [0.15, 0.2) is 0 Å². The topological polar surface area (TPSA) is 26.3 Å². The van der Waals surface area contributed by atoms with Gasteiger partial charge in [0.2, 0.25) is 0 Å². The van der Waals surface area contributed by atoms with Gasteiger partial charge in [0.25, 0.3) is 7.38 Å². The van der Waals surface area contributed by atoms with E-state index in [0.717, 1.165) is 11.0 Å².